The number of hydrogen-bond acceptors (Lipinski definition) is 7. The van der Waals surface area contributed by atoms with Crippen molar-refractivity contribution in [2.24, 2.45) is 5.92 Å². The minimum Gasteiger partial charge on any atom is -0.356 e. The van der Waals surface area contributed by atoms with E-state index in [0.717, 1.165) is 44.2 Å². The maximum absolute atomic E-state index is 13.1. The van der Waals surface area contributed by atoms with Crippen molar-refractivity contribution in [3.8, 4) is 0 Å². The van der Waals surface area contributed by atoms with Gasteiger partial charge in [-0.2, -0.15) is 4.98 Å². The van der Waals surface area contributed by atoms with Gasteiger partial charge in [-0.1, -0.05) is 42.5 Å². The van der Waals surface area contributed by atoms with Crippen LogP contribution in [0.4, 0.5) is 5.13 Å². The van der Waals surface area contributed by atoms with Crippen LogP contribution in [-0.4, -0.2) is 46.0 Å². The summed E-state index contributed by atoms with van der Waals surface area (Å²) < 4.78 is 1.77. The summed E-state index contributed by atoms with van der Waals surface area (Å²) in [6.07, 6.45) is 5.85. The van der Waals surface area contributed by atoms with E-state index in [1.165, 1.54) is 27.8 Å². The van der Waals surface area contributed by atoms with Crippen LogP contribution in [0.2, 0.25) is 0 Å². The van der Waals surface area contributed by atoms with Crippen LogP contribution in [0.25, 0.3) is 10.3 Å². The van der Waals surface area contributed by atoms with Gasteiger partial charge in [0.1, 0.15) is 17.6 Å². The molecule has 2 aliphatic rings. The van der Waals surface area contributed by atoms with E-state index < -0.39 is 0 Å². The molecule has 3 aromatic rings. The van der Waals surface area contributed by atoms with Gasteiger partial charge >= 0.3 is 0 Å². The Balaban J connectivity index is 1.28. The molecule has 1 saturated heterocycles. The summed E-state index contributed by atoms with van der Waals surface area (Å²) in [5.41, 5.74) is 2.53. The summed E-state index contributed by atoms with van der Waals surface area (Å²) >= 11 is 1.28. The number of benzene rings is 1. The average molecular weight is 495 g/mol. The van der Waals surface area contributed by atoms with Gasteiger partial charge < -0.3 is 15.5 Å². The van der Waals surface area contributed by atoms with Gasteiger partial charge in [0.05, 0.1) is 12.0 Å². The number of anilines is 1. The van der Waals surface area contributed by atoms with Crippen LogP contribution < -0.4 is 21.1 Å². The standard InChI is InChI=1S/C25H30N6O3S/c1-2-11-26-23(33)17-7-5-12-30(13-17)25-29-22-21(35-25)24(34)31(15-27-22)14-20(32)28-19-10-9-16-6-3-4-8-18(16)19/h3-4,6,8,15,17,19H,2,5,7,9-14H2,1H3,(H,26,33)(H,28,32)/t17-,19-/m1/s1. The number of nitrogens with one attached hydrogen (secondary N) is 2. The molecule has 2 atom stereocenters. The summed E-state index contributed by atoms with van der Waals surface area (Å²) in [5, 5.41) is 6.74. The van der Waals surface area contributed by atoms with E-state index >= 15 is 0 Å². The number of hydrogen-bond donors (Lipinski definition) is 2. The van der Waals surface area contributed by atoms with Crippen LogP contribution in [-0.2, 0) is 22.6 Å². The molecule has 2 N–H and O–H groups in total. The Morgan fingerprint density at radius 1 is 1.23 bits per heavy atom. The number of carbonyl (C=O) groups excluding carboxylic acids is 2. The number of thiazole rings is 1. The van der Waals surface area contributed by atoms with Crippen molar-refractivity contribution in [3.63, 3.8) is 0 Å². The van der Waals surface area contributed by atoms with Crippen molar-refractivity contribution in [1.82, 2.24) is 25.2 Å². The molecular formula is C25H30N6O3S. The van der Waals surface area contributed by atoms with Crippen molar-refractivity contribution >= 4 is 38.6 Å². The number of aromatic nitrogens is 3. The topological polar surface area (TPSA) is 109 Å². The fourth-order valence-electron chi connectivity index (χ4n) is 4.94. The van der Waals surface area contributed by atoms with Gasteiger partial charge in [0.15, 0.2) is 10.8 Å². The van der Waals surface area contributed by atoms with Crippen molar-refractivity contribution in [2.45, 2.75) is 51.6 Å². The SMILES string of the molecule is CCCNC(=O)[C@@H]1CCCN(c2nc3ncn(CC(=O)N[C@@H]4CCc5ccccc54)c(=O)c3s2)C1. The van der Waals surface area contributed by atoms with E-state index in [0.29, 0.717) is 28.6 Å². The number of nitrogens with zero attached hydrogens (tertiary/aromatic N) is 4. The zero-order chi connectivity index (χ0) is 24.4. The smallest absolute Gasteiger partial charge is 0.273 e. The number of piperidine rings is 1. The first-order valence-corrected chi connectivity index (χ1v) is 13.1. The maximum Gasteiger partial charge on any atom is 0.273 e. The van der Waals surface area contributed by atoms with Crippen LogP contribution in [0.3, 0.4) is 0 Å². The number of fused-ring (bicyclic) bond motifs is 2. The molecule has 35 heavy (non-hydrogen) atoms. The summed E-state index contributed by atoms with van der Waals surface area (Å²) in [6, 6.07) is 8.10. The lowest BCUT2D eigenvalue weighted by Gasteiger charge is -2.31. The minimum absolute atomic E-state index is 0.0253. The lowest BCUT2D eigenvalue weighted by atomic mass is 9.97. The van der Waals surface area contributed by atoms with Gasteiger partial charge in [-0.3, -0.25) is 19.0 Å². The Morgan fingerprint density at radius 3 is 2.94 bits per heavy atom. The van der Waals surface area contributed by atoms with Crippen LogP contribution >= 0.6 is 11.3 Å². The van der Waals surface area contributed by atoms with E-state index in [1.807, 2.05) is 25.1 Å². The lowest BCUT2D eigenvalue weighted by Crippen LogP contribution is -2.43. The number of carbonyl (C=O) groups is 2. The fourth-order valence-corrected chi connectivity index (χ4v) is 5.95. The van der Waals surface area contributed by atoms with Gasteiger partial charge in [0.2, 0.25) is 11.8 Å². The monoisotopic (exact) mass is 494 g/mol. The van der Waals surface area contributed by atoms with Crippen molar-refractivity contribution in [1.29, 1.82) is 0 Å². The summed E-state index contributed by atoms with van der Waals surface area (Å²) in [7, 11) is 0. The molecule has 0 saturated carbocycles. The molecule has 5 rings (SSSR count). The predicted molar refractivity (Wildman–Crippen MR) is 136 cm³/mol. The Bertz CT molecular complexity index is 1300. The minimum atomic E-state index is -0.269. The van der Waals surface area contributed by atoms with Gasteiger partial charge in [-0.05, 0) is 43.2 Å². The fraction of sp³-hybridized carbons (Fsp3) is 0.480. The highest BCUT2D eigenvalue weighted by molar-refractivity contribution is 7.22. The molecule has 1 aromatic carbocycles. The first-order valence-electron chi connectivity index (χ1n) is 12.3. The molecule has 2 aromatic heterocycles. The van der Waals surface area contributed by atoms with Crippen molar-refractivity contribution < 1.29 is 9.59 Å². The van der Waals surface area contributed by atoms with E-state index in [2.05, 4.69) is 31.6 Å². The van der Waals surface area contributed by atoms with Crippen molar-refractivity contribution in [2.75, 3.05) is 24.5 Å². The molecular weight excluding hydrogens is 464 g/mol. The molecule has 2 amide bonds. The van der Waals surface area contributed by atoms with Gasteiger partial charge in [0.25, 0.3) is 5.56 Å². The third kappa shape index (κ3) is 4.93. The molecule has 1 fully saturated rings. The number of aryl methyl sites for hydroxylation is 1. The second kappa shape index (κ2) is 10.2. The Morgan fingerprint density at radius 2 is 2.09 bits per heavy atom. The zero-order valence-corrected chi connectivity index (χ0v) is 20.6. The Labute approximate surface area is 207 Å². The predicted octanol–water partition coefficient (Wildman–Crippen LogP) is 2.40. The molecule has 1 aliphatic carbocycles. The zero-order valence-electron chi connectivity index (χ0n) is 19.8. The summed E-state index contributed by atoms with van der Waals surface area (Å²) in [5.74, 6) is -0.220. The molecule has 0 bridgehead atoms. The molecule has 0 radical (unpaired) electrons. The Kier molecular flexibility index (Phi) is 6.81. The van der Waals surface area contributed by atoms with Gasteiger partial charge in [0, 0.05) is 19.6 Å². The maximum atomic E-state index is 13.1. The highest BCUT2D eigenvalue weighted by atomic mass is 32.1. The van der Waals surface area contributed by atoms with Crippen LogP contribution in [0.1, 0.15) is 49.8 Å². The first-order chi connectivity index (χ1) is 17.0. The normalized spacial score (nSPS) is 19.5. The molecule has 1 aliphatic heterocycles. The third-order valence-corrected chi connectivity index (χ3v) is 7.86. The highest BCUT2D eigenvalue weighted by Gasteiger charge is 2.28. The van der Waals surface area contributed by atoms with Gasteiger partial charge in [-0.15, -0.1) is 0 Å². The van der Waals surface area contributed by atoms with Crippen LogP contribution in [0.5, 0.6) is 0 Å². The first kappa shape index (κ1) is 23.5. The molecule has 0 unspecified atom stereocenters. The van der Waals surface area contributed by atoms with Crippen LogP contribution in [0, 0.1) is 5.92 Å². The third-order valence-electron chi connectivity index (χ3n) is 6.77. The molecule has 184 valence electrons. The molecule has 10 heteroatoms. The summed E-state index contributed by atoms with van der Waals surface area (Å²) in [4.78, 5) is 49.3. The molecule has 9 nitrogen and oxygen atoms in total. The van der Waals surface area contributed by atoms with E-state index in [1.54, 1.807) is 0 Å². The quantitative estimate of drug-likeness (QED) is 0.522. The van der Waals surface area contributed by atoms with E-state index in [9.17, 15) is 14.4 Å². The average Bonchev–Trinajstić information content (AvgIpc) is 3.49. The highest BCUT2D eigenvalue weighted by Crippen LogP contribution is 2.31. The molecule has 3 heterocycles. The number of rotatable bonds is 7. The van der Waals surface area contributed by atoms with Crippen molar-refractivity contribution in [3.05, 3.63) is 52.1 Å². The lowest BCUT2D eigenvalue weighted by molar-refractivity contribution is -0.125. The van der Waals surface area contributed by atoms with E-state index in [-0.39, 0.29) is 35.9 Å². The number of amides is 2. The largest absolute Gasteiger partial charge is 0.356 e. The molecule has 0 spiro atoms. The van der Waals surface area contributed by atoms with Crippen LogP contribution in [0.15, 0.2) is 35.4 Å². The van der Waals surface area contributed by atoms with E-state index in [4.69, 9.17) is 0 Å². The second-order valence-corrected chi connectivity index (χ2v) is 10.2. The Hall–Kier alpha value is -3.27. The van der Waals surface area contributed by atoms with Gasteiger partial charge in [-0.25, -0.2) is 4.98 Å². The second-order valence-electron chi connectivity index (χ2n) is 9.26. The summed E-state index contributed by atoms with van der Waals surface area (Å²) in [6.45, 7) is 4.00.